The van der Waals surface area contributed by atoms with E-state index >= 15 is 0 Å². The van der Waals surface area contributed by atoms with Gasteiger partial charge in [0.1, 0.15) is 6.17 Å². The Hall–Kier alpha value is -2.90. The lowest BCUT2D eigenvalue weighted by atomic mass is 10.1. The van der Waals surface area contributed by atoms with Gasteiger partial charge in [0.15, 0.2) is 0 Å². The molecule has 3 N–H and O–H groups in total. The van der Waals surface area contributed by atoms with Gasteiger partial charge in [-0.05, 0) is 42.1 Å². The van der Waals surface area contributed by atoms with Crippen molar-refractivity contribution in [2.75, 3.05) is 12.8 Å². The van der Waals surface area contributed by atoms with Crippen molar-refractivity contribution in [3.63, 3.8) is 0 Å². The molecule has 144 valence electrons. The van der Waals surface area contributed by atoms with Crippen molar-refractivity contribution < 1.29 is 4.21 Å². The Morgan fingerprint density at radius 2 is 2.04 bits per heavy atom. The van der Waals surface area contributed by atoms with E-state index in [1.807, 2.05) is 18.3 Å². The molecule has 2 aromatic rings. The summed E-state index contributed by atoms with van der Waals surface area (Å²) in [6.07, 6.45) is 9.24. The molecule has 28 heavy (non-hydrogen) atoms. The summed E-state index contributed by atoms with van der Waals surface area (Å²) in [5, 5.41) is 3.83. The molecule has 0 aliphatic carbocycles. The summed E-state index contributed by atoms with van der Waals surface area (Å²) in [7, 11) is -2.51. The summed E-state index contributed by atoms with van der Waals surface area (Å²) in [5.74, 6) is 3.72. The SMILES string of the molecule is C=S(C)(=O)c1nccc(C2=C(c3ccc(C)cc3)NC3C=C(CN)C=CN23)n1. The minimum atomic E-state index is -2.51. The maximum Gasteiger partial charge on any atom is 0.210 e. The predicted molar refractivity (Wildman–Crippen MR) is 115 cm³/mol. The summed E-state index contributed by atoms with van der Waals surface area (Å²) in [4.78, 5) is 10.9. The van der Waals surface area contributed by atoms with Gasteiger partial charge in [-0.3, -0.25) is 4.21 Å². The fraction of sp³-hybridized carbons (Fsp3) is 0.190. The van der Waals surface area contributed by atoms with Crippen molar-refractivity contribution in [2.45, 2.75) is 18.2 Å². The van der Waals surface area contributed by atoms with Crippen LogP contribution < -0.4 is 11.1 Å². The molecule has 0 fully saturated rings. The van der Waals surface area contributed by atoms with Gasteiger partial charge >= 0.3 is 0 Å². The van der Waals surface area contributed by atoms with E-state index in [4.69, 9.17) is 5.73 Å². The number of hydrogen-bond donors (Lipinski definition) is 2. The molecule has 0 radical (unpaired) electrons. The third-order valence-electron chi connectivity index (χ3n) is 4.75. The summed E-state index contributed by atoms with van der Waals surface area (Å²) in [6.45, 7) is 2.54. The number of aromatic nitrogens is 2. The topological polar surface area (TPSA) is 84.1 Å². The van der Waals surface area contributed by atoms with E-state index in [1.165, 1.54) is 5.56 Å². The van der Waals surface area contributed by atoms with Gasteiger partial charge in [-0.25, -0.2) is 9.97 Å². The van der Waals surface area contributed by atoms with Crippen LogP contribution in [0, 0.1) is 6.92 Å². The fourth-order valence-electron chi connectivity index (χ4n) is 3.30. The first-order chi connectivity index (χ1) is 13.4. The van der Waals surface area contributed by atoms with E-state index in [9.17, 15) is 4.21 Å². The molecule has 2 aliphatic heterocycles. The Morgan fingerprint density at radius 1 is 1.29 bits per heavy atom. The molecule has 2 unspecified atom stereocenters. The van der Waals surface area contributed by atoms with Crippen molar-refractivity contribution in [1.29, 1.82) is 0 Å². The summed E-state index contributed by atoms with van der Waals surface area (Å²) < 4.78 is 12.4. The number of benzene rings is 1. The molecule has 0 amide bonds. The molecule has 0 saturated carbocycles. The summed E-state index contributed by atoms with van der Waals surface area (Å²) >= 11 is 0. The Bertz CT molecular complexity index is 1110. The van der Waals surface area contributed by atoms with Crippen molar-refractivity contribution >= 4 is 26.8 Å². The normalized spacial score (nSPS) is 20.5. The van der Waals surface area contributed by atoms with Crippen molar-refractivity contribution in [1.82, 2.24) is 20.2 Å². The van der Waals surface area contributed by atoms with Crippen LogP contribution in [0.2, 0.25) is 0 Å². The quantitative estimate of drug-likeness (QED) is 0.610. The molecule has 7 heteroatoms. The van der Waals surface area contributed by atoms with Gasteiger partial charge < -0.3 is 16.0 Å². The number of nitrogens with two attached hydrogens (primary N) is 1. The zero-order valence-electron chi connectivity index (χ0n) is 15.9. The number of hydrogen-bond acceptors (Lipinski definition) is 6. The van der Waals surface area contributed by atoms with Crippen LogP contribution in [0.3, 0.4) is 0 Å². The Balaban J connectivity index is 1.88. The van der Waals surface area contributed by atoms with Crippen LogP contribution in [-0.2, 0) is 9.52 Å². The molecule has 0 saturated heterocycles. The molecular weight excluding hydrogens is 370 g/mol. The highest BCUT2D eigenvalue weighted by Gasteiger charge is 2.33. The molecule has 0 bridgehead atoms. The maximum absolute atomic E-state index is 12.4. The average Bonchev–Trinajstić information content (AvgIpc) is 3.06. The van der Waals surface area contributed by atoms with Crippen molar-refractivity contribution in [3.05, 3.63) is 77.3 Å². The molecule has 6 nitrogen and oxygen atoms in total. The monoisotopic (exact) mass is 393 g/mol. The lowest BCUT2D eigenvalue weighted by Gasteiger charge is -2.26. The molecule has 1 aromatic heterocycles. The number of aryl methyl sites for hydroxylation is 1. The van der Waals surface area contributed by atoms with Gasteiger partial charge in [0.25, 0.3) is 0 Å². The van der Waals surface area contributed by atoms with Crippen LogP contribution in [-0.4, -0.2) is 43.9 Å². The predicted octanol–water partition coefficient (Wildman–Crippen LogP) is 1.96. The largest absolute Gasteiger partial charge is 0.359 e. The van der Waals surface area contributed by atoms with Crippen LogP contribution >= 0.6 is 0 Å². The molecule has 2 atom stereocenters. The van der Waals surface area contributed by atoms with Gasteiger partial charge in [0.05, 0.1) is 17.1 Å². The standard InChI is InChI=1S/C21H23N5OS/c1-14-4-6-16(7-5-14)19-20(17-8-10-23-21(24-17)28(2,3)27)26-11-9-15(13-22)12-18(26)25-19/h4-12,18,25H,2,13,22H2,1,3H3. The minimum Gasteiger partial charge on any atom is -0.359 e. The summed E-state index contributed by atoms with van der Waals surface area (Å²) in [6, 6.07) is 10.2. The Kier molecular flexibility index (Phi) is 4.56. The minimum absolute atomic E-state index is 0.0565. The number of fused-ring (bicyclic) bond motifs is 1. The van der Waals surface area contributed by atoms with Gasteiger partial charge in [-0.2, -0.15) is 0 Å². The van der Waals surface area contributed by atoms with E-state index in [1.54, 1.807) is 12.5 Å². The molecule has 3 heterocycles. The van der Waals surface area contributed by atoms with Crippen LogP contribution in [0.4, 0.5) is 0 Å². The molecule has 1 aromatic carbocycles. The summed E-state index contributed by atoms with van der Waals surface area (Å²) in [5.41, 5.74) is 11.7. The van der Waals surface area contributed by atoms with E-state index in [0.717, 1.165) is 22.5 Å². The van der Waals surface area contributed by atoms with E-state index in [0.29, 0.717) is 12.2 Å². The first-order valence-corrected chi connectivity index (χ1v) is 11.1. The molecule has 2 aliphatic rings. The third-order valence-corrected chi connectivity index (χ3v) is 5.72. The van der Waals surface area contributed by atoms with Crippen molar-refractivity contribution in [3.8, 4) is 0 Å². The average molecular weight is 394 g/mol. The van der Waals surface area contributed by atoms with Crippen LogP contribution in [0.5, 0.6) is 0 Å². The smallest absolute Gasteiger partial charge is 0.210 e. The fourth-order valence-corrected chi connectivity index (χ4v) is 3.87. The Morgan fingerprint density at radius 3 is 2.71 bits per heavy atom. The highest BCUT2D eigenvalue weighted by Crippen LogP contribution is 2.36. The van der Waals surface area contributed by atoms with Crippen LogP contribution in [0.25, 0.3) is 11.4 Å². The second kappa shape index (κ2) is 6.92. The van der Waals surface area contributed by atoms with Gasteiger partial charge in [-0.15, -0.1) is 0 Å². The van der Waals surface area contributed by atoms with Gasteiger partial charge in [-0.1, -0.05) is 29.8 Å². The first-order valence-electron chi connectivity index (χ1n) is 8.97. The lowest BCUT2D eigenvalue weighted by molar-refractivity contribution is 0.438. The molecular formula is C21H23N5OS. The van der Waals surface area contributed by atoms with Gasteiger partial charge in [0.2, 0.25) is 5.16 Å². The number of rotatable bonds is 4. The van der Waals surface area contributed by atoms with Crippen molar-refractivity contribution in [2.24, 2.45) is 5.73 Å². The maximum atomic E-state index is 12.4. The van der Waals surface area contributed by atoms with E-state index in [2.05, 4.69) is 63.3 Å². The second-order valence-electron chi connectivity index (χ2n) is 7.08. The van der Waals surface area contributed by atoms with Crippen LogP contribution in [0.15, 0.2) is 65.6 Å². The van der Waals surface area contributed by atoms with Crippen LogP contribution in [0.1, 0.15) is 16.8 Å². The third kappa shape index (κ3) is 3.34. The molecule has 4 rings (SSSR count). The van der Waals surface area contributed by atoms with E-state index < -0.39 is 9.52 Å². The Labute approximate surface area is 165 Å². The number of nitrogens with zero attached hydrogens (tertiary/aromatic N) is 3. The number of nitrogens with one attached hydrogen (secondary N) is 1. The second-order valence-corrected chi connectivity index (χ2v) is 9.45. The molecule has 0 spiro atoms. The highest BCUT2D eigenvalue weighted by atomic mass is 32.2. The van der Waals surface area contributed by atoms with Gasteiger partial charge in [0, 0.05) is 34.7 Å². The highest BCUT2D eigenvalue weighted by molar-refractivity contribution is 7.99. The lowest BCUT2D eigenvalue weighted by Crippen LogP contribution is -2.34. The first kappa shape index (κ1) is 18.5. The van der Waals surface area contributed by atoms with E-state index in [-0.39, 0.29) is 11.3 Å². The zero-order chi connectivity index (χ0) is 19.9. The zero-order valence-corrected chi connectivity index (χ0v) is 16.7.